The molecule has 1 amide bonds. The average Bonchev–Trinajstić information content (AvgIpc) is 3.34. The minimum Gasteiger partial charge on any atom is -0.465 e. The monoisotopic (exact) mass is 952 g/mol. The summed E-state index contributed by atoms with van der Waals surface area (Å²) in [5.74, 6) is -0.118. The number of allylic oxidation sites excluding steroid dienone is 8. The molecule has 0 saturated carbocycles. The fraction of sp³-hybridized carbons (Fsp3) is 0.806. The van der Waals surface area contributed by atoms with E-state index in [1.807, 2.05) is 6.08 Å². The molecule has 0 rings (SSSR count). The second kappa shape index (κ2) is 57.1. The van der Waals surface area contributed by atoms with Gasteiger partial charge in [0.15, 0.2) is 0 Å². The molecule has 0 radical (unpaired) electrons. The first-order valence-electron chi connectivity index (χ1n) is 29.6. The second-order valence-corrected chi connectivity index (χ2v) is 20.0. The van der Waals surface area contributed by atoms with Gasteiger partial charge in [-0.2, -0.15) is 0 Å². The van der Waals surface area contributed by atoms with Crippen LogP contribution in [0.3, 0.4) is 0 Å². The predicted octanol–water partition coefficient (Wildman–Crippen LogP) is 18.4. The molecule has 0 aliphatic rings. The number of aliphatic hydroxyl groups is 2. The van der Waals surface area contributed by atoms with Gasteiger partial charge >= 0.3 is 5.97 Å². The van der Waals surface area contributed by atoms with Gasteiger partial charge in [0, 0.05) is 12.8 Å². The van der Waals surface area contributed by atoms with Gasteiger partial charge in [0.2, 0.25) is 5.91 Å². The van der Waals surface area contributed by atoms with E-state index in [1.54, 1.807) is 6.08 Å². The van der Waals surface area contributed by atoms with Crippen LogP contribution in [-0.4, -0.2) is 47.4 Å². The summed E-state index contributed by atoms with van der Waals surface area (Å²) in [4.78, 5) is 24.5. The van der Waals surface area contributed by atoms with Crippen LogP contribution in [0.25, 0.3) is 0 Å². The van der Waals surface area contributed by atoms with Crippen LogP contribution in [-0.2, 0) is 14.3 Å². The highest BCUT2D eigenvalue weighted by Crippen LogP contribution is 2.16. The zero-order chi connectivity index (χ0) is 49.3. The van der Waals surface area contributed by atoms with Gasteiger partial charge in [0.1, 0.15) is 0 Å². The van der Waals surface area contributed by atoms with E-state index in [9.17, 15) is 19.8 Å². The molecule has 0 fully saturated rings. The van der Waals surface area contributed by atoms with Crippen LogP contribution in [0.2, 0.25) is 0 Å². The highest BCUT2D eigenvalue weighted by atomic mass is 16.5. The number of aliphatic hydroxyl groups excluding tert-OH is 2. The lowest BCUT2D eigenvalue weighted by Crippen LogP contribution is -2.45. The van der Waals surface area contributed by atoms with Crippen molar-refractivity contribution in [2.45, 2.75) is 309 Å². The molecule has 0 aromatic rings. The first kappa shape index (κ1) is 65.6. The third kappa shape index (κ3) is 52.9. The summed E-state index contributed by atoms with van der Waals surface area (Å²) < 4.78 is 5.42. The van der Waals surface area contributed by atoms with E-state index in [0.717, 1.165) is 57.8 Å². The normalized spacial score (nSPS) is 13.1. The fourth-order valence-corrected chi connectivity index (χ4v) is 8.74. The smallest absolute Gasteiger partial charge is 0.305 e. The second-order valence-electron chi connectivity index (χ2n) is 20.0. The van der Waals surface area contributed by atoms with Crippen LogP contribution < -0.4 is 5.32 Å². The van der Waals surface area contributed by atoms with E-state index < -0.39 is 12.1 Å². The Kier molecular flexibility index (Phi) is 55.1. The van der Waals surface area contributed by atoms with Crippen molar-refractivity contribution in [1.82, 2.24) is 5.32 Å². The SMILES string of the molecule is CCCCC/C=C\C/C=C\CCCCCCCCCC(=O)OCC/C=C\C/C=C\CCCCCCCCCCCCCCCCC(=O)NC(CO)C(O)/C=C/CCCCCCCCCCCCC. The van der Waals surface area contributed by atoms with E-state index in [2.05, 4.69) is 67.8 Å². The number of esters is 1. The molecule has 6 heteroatoms. The molecule has 0 bridgehead atoms. The molecule has 0 spiro atoms. The number of nitrogens with one attached hydrogen (secondary N) is 1. The Morgan fingerprint density at radius 3 is 1.15 bits per heavy atom. The summed E-state index contributed by atoms with van der Waals surface area (Å²) in [6.07, 6.45) is 74.0. The molecule has 0 saturated heterocycles. The van der Waals surface area contributed by atoms with Gasteiger partial charge in [-0.15, -0.1) is 0 Å². The van der Waals surface area contributed by atoms with Gasteiger partial charge in [-0.3, -0.25) is 9.59 Å². The van der Waals surface area contributed by atoms with E-state index in [-0.39, 0.29) is 18.5 Å². The van der Waals surface area contributed by atoms with Crippen molar-refractivity contribution < 1.29 is 24.5 Å². The molecule has 0 aliphatic carbocycles. The minimum absolute atomic E-state index is 0.0444. The van der Waals surface area contributed by atoms with Gasteiger partial charge in [-0.1, -0.05) is 261 Å². The number of ether oxygens (including phenoxy) is 1. The first-order chi connectivity index (χ1) is 33.5. The van der Waals surface area contributed by atoms with Crippen LogP contribution in [0.1, 0.15) is 296 Å². The number of unbranched alkanes of at least 4 members (excludes halogenated alkanes) is 35. The van der Waals surface area contributed by atoms with E-state index in [0.29, 0.717) is 19.4 Å². The average molecular weight is 953 g/mol. The molecule has 0 heterocycles. The molecule has 0 aliphatic heterocycles. The Morgan fingerprint density at radius 1 is 0.412 bits per heavy atom. The van der Waals surface area contributed by atoms with Crippen LogP contribution in [0.5, 0.6) is 0 Å². The Balaban J connectivity index is 3.48. The Morgan fingerprint density at radius 2 is 0.735 bits per heavy atom. The number of amides is 1. The van der Waals surface area contributed by atoms with Crippen LogP contribution in [0.15, 0.2) is 60.8 Å². The van der Waals surface area contributed by atoms with E-state index >= 15 is 0 Å². The van der Waals surface area contributed by atoms with E-state index in [1.165, 1.54) is 212 Å². The predicted molar refractivity (Wildman–Crippen MR) is 296 cm³/mol. The Bertz CT molecular complexity index is 1190. The van der Waals surface area contributed by atoms with Crippen molar-refractivity contribution in [3.05, 3.63) is 60.8 Å². The lowest BCUT2D eigenvalue weighted by atomic mass is 10.0. The molecular formula is C62H113NO5. The standard InChI is InChI=1S/C62H113NO5/c1-3-5-7-9-11-13-15-17-18-24-28-32-36-40-44-48-52-56-62(67)68-57-53-49-45-41-37-33-29-26-23-21-19-20-22-25-27-31-35-39-43-47-51-55-61(66)63-59(58-64)60(65)54-50-46-42-38-34-30-16-14-12-10-8-6-4-2/h11,13,17-18,33,37,45,49-50,54,59-60,64-65H,3-10,12,14-16,19-32,34-36,38-44,46-48,51-53,55-58H2,1-2H3,(H,63,66)/b13-11-,18-17-,37-33-,49-45-,54-50+. The van der Waals surface area contributed by atoms with E-state index in [4.69, 9.17) is 4.74 Å². The quantitative estimate of drug-likeness (QED) is 0.0321. The summed E-state index contributed by atoms with van der Waals surface area (Å²) >= 11 is 0. The number of carbonyl (C=O) groups is 2. The third-order valence-corrected chi connectivity index (χ3v) is 13.3. The molecule has 68 heavy (non-hydrogen) atoms. The molecule has 396 valence electrons. The first-order valence-corrected chi connectivity index (χ1v) is 29.6. The lowest BCUT2D eigenvalue weighted by molar-refractivity contribution is -0.143. The van der Waals surface area contributed by atoms with Crippen LogP contribution in [0.4, 0.5) is 0 Å². The van der Waals surface area contributed by atoms with Crippen molar-refractivity contribution in [2.24, 2.45) is 0 Å². The zero-order valence-electron chi connectivity index (χ0n) is 45.1. The molecule has 0 aromatic carbocycles. The number of rotatable bonds is 54. The highest BCUT2D eigenvalue weighted by Gasteiger charge is 2.18. The molecule has 2 atom stereocenters. The van der Waals surface area contributed by atoms with Gasteiger partial charge in [0.25, 0.3) is 0 Å². The summed E-state index contributed by atoms with van der Waals surface area (Å²) in [5.41, 5.74) is 0. The van der Waals surface area contributed by atoms with Gasteiger partial charge in [0.05, 0.1) is 25.4 Å². The highest BCUT2D eigenvalue weighted by molar-refractivity contribution is 5.76. The Hall–Kier alpha value is -2.44. The van der Waals surface area contributed by atoms with Gasteiger partial charge < -0.3 is 20.3 Å². The van der Waals surface area contributed by atoms with Crippen molar-refractivity contribution in [1.29, 1.82) is 0 Å². The van der Waals surface area contributed by atoms with Crippen molar-refractivity contribution in [3.63, 3.8) is 0 Å². The summed E-state index contributed by atoms with van der Waals surface area (Å²) in [7, 11) is 0. The molecule has 2 unspecified atom stereocenters. The molecule has 0 aromatic heterocycles. The van der Waals surface area contributed by atoms with Crippen molar-refractivity contribution in [3.8, 4) is 0 Å². The van der Waals surface area contributed by atoms with Crippen LogP contribution >= 0.6 is 0 Å². The zero-order valence-corrected chi connectivity index (χ0v) is 45.1. The van der Waals surface area contributed by atoms with Crippen molar-refractivity contribution >= 4 is 11.9 Å². The number of carbonyl (C=O) groups excluding carboxylic acids is 2. The number of hydrogen-bond donors (Lipinski definition) is 3. The summed E-state index contributed by atoms with van der Waals surface area (Å²) in [6, 6.07) is -0.632. The van der Waals surface area contributed by atoms with Crippen LogP contribution in [0, 0.1) is 0 Å². The largest absolute Gasteiger partial charge is 0.465 e. The maximum Gasteiger partial charge on any atom is 0.305 e. The summed E-state index contributed by atoms with van der Waals surface area (Å²) in [5, 5.41) is 23.1. The minimum atomic E-state index is -0.848. The number of hydrogen-bond acceptors (Lipinski definition) is 5. The lowest BCUT2D eigenvalue weighted by Gasteiger charge is -2.20. The Labute approximate surface area is 422 Å². The summed E-state index contributed by atoms with van der Waals surface area (Å²) in [6.45, 7) is 4.76. The fourth-order valence-electron chi connectivity index (χ4n) is 8.74. The van der Waals surface area contributed by atoms with Gasteiger partial charge in [-0.05, 0) is 83.5 Å². The molecule has 3 N–H and O–H groups in total. The third-order valence-electron chi connectivity index (χ3n) is 13.3. The van der Waals surface area contributed by atoms with Gasteiger partial charge in [-0.25, -0.2) is 0 Å². The maximum absolute atomic E-state index is 12.4. The molecule has 6 nitrogen and oxygen atoms in total. The molecular weight excluding hydrogens is 839 g/mol. The maximum atomic E-state index is 12.4. The van der Waals surface area contributed by atoms with Crippen molar-refractivity contribution in [2.75, 3.05) is 13.2 Å². The topological polar surface area (TPSA) is 95.9 Å².